The maximum atomic E-state index is 13.7. The van der Waals surface area contributed by atoms with Gasteiger partial charge in [-0.1, -0.05) is 31.0 Å². The van der Waals surface area contributed by atoms with Gasteiger partial charge in [-0.25, -0.2) is 4.39 Å². The number of carbonyl (C=O) groups excluding carboxylic acids is 1. The van der Waals surface area contributed by atoms with Crippen molar-refractivity contribution in [2.24, 2.45) is 0 Å². The van der Waals surface area contributed by atoms with E-state index in [9.17, 15) is 9.18 Å². The first-order valence-corrected chi connectivity index (χ1v) is 10.7. The molecule has 0 saturated carbocycles. The standard InChI is InChI=1S/C19H28ClFN2OS/c1-2-17-6-3-4-10-23(17)11-5-9-22-19(24)14-25-13-15-7-8-16(20)12-18(15)21/h7-8,12,17H,2-6,9-11,13-14H2,1H3,(H,22,24). The van der Waals surface area contributed by atoms with Crippen LogP contribution in [0, 0.1) is 5.82 Å². The van der Waals surface area contributed by atoms with E-state index in [4.69, 9.17) is 11.6 Å². The zero-order valence-electron chi connectivity index (χ0n) is 14.9. The number of likely N-dealkylation sites (tertiary alicyclic amines) is 1. The Morgan fingerprint density at radius 2 is 2.28 bits per heavy atom. The van der Waals surface area contributed by atoms with Crippen molar-refractivity contribution in [3.8, 4) is 0 Å². The summed E-state index contributed by atoms with van der Waals surface area (Å²) in [7, 11) is 0. The molecule has 0 spiro atoms. The van der Waals surface area contributed by atoms with E-state index in [1.165, 1.54) is 50.1 Å². The molecule has 0 aliphatic carbocycles. The summed E-state index contributed by atoms with van der Waals surface area (Å²) in [4.78, 5) is 14.4. The number of nitrogens with zero attached hydrogens (tertiary/aromatic N) is 1. The quantitative estimate of drug-likeness (QED) is 0.635. The largest absolute Gasteiger partial charge is 0.355 e. The number of benzene rings is 1. The summed E-state index contributed by atoms with van der Waals surface area (Å²) in [5.74, 6) is 0.531. The van der Waals surface area contributed by atoms with Crippen LogP contribution < -0.4 is 5.32 Å². The van der Waals surface area contributed by atoms with Crippen LogP contribution in [0.3, 0.4) is 0 Å². The molecule has 1 atom stereocenters. The first-order chi connectivity index (χ1) is 12.1. The third kappa shape index (κ3) is 7.16. The van der Waals surface area contributed by atoms with Crippen molar-refractivity contribution in [1.29, 1.82) is 0 Å². The molecule has 1 fully saturated rings. The number of nitrogens with one attached hydrogen (secondary N) is 1. The highest BCUT2D eigenvalue weighted by Crippen LogP contribution is 2.20. The molecule has 1 unspecified atom stereocenters. The maximum absolute atomic E-state index is 13.7. The lowest BCUT2D eigenvalue weighted by Crippen LogP contribution is -2.40. The fraction of sp³-hybridized carbons (Fsp3) is 0.632. The number of halogens is 2. The van der Waals surface area contributed by atoms with E-state index in [1.807, 2.05) is 0 Å². The van der Waals surface area contributed by atoms with Crippen molar-refractivity contribution < 1.29 is 9.18 Å². The summed E-state index contributed by atoms with van der Waals surface area (Å²) in [6.45, 7) is 5.21. The number of hydrogen-bond acceptors (Lipinski definition) is 3. The minimum atomic E-state index is -0.313. The van der Waals surface area contributed by atoms with Gasteiger partial charge < -0.3 is 10.2 Å². The molecule has 1 N–H and O–H groups in total. The van der Waals surface area contributed by atoms with Crippen LogP contribution in [0.25, 0.3) is 0 Å². The molecule has 1 aromatic rings. The van der Waals surface area contributed by atoms with E-state index in [-0.39, 0.29) is 11.7 Å². The maximum Gasteiger partial charge on any atom is 0.230 e. The van der Waals surface area contributed by atoms with Gasteiger partial charge in [0.2, 0.25) is 5.91 Å². The Hall–Kier alpha value is -0.780. The second-order valence-corrected chi connectivity index (χ2v) is 7.95. The Morgan fingerprint density at radius 3 is 3.04 bits per heavy atom. The summed E-state index contributed by atoms with van der Waals surface area (Å²) in [6.07, 6.45) is 6.14. The van der Waals surface area contributed by atoms with Crippen LogP contribution in [0.5, 0.6) is 0 Å². The van der Waals surface area contributed by atoms with Crippen molar-refractivity contribution in [2.45, 2.75) is 50.8 Å². The predicted molar refractivity (Wildman–Crippen MR) is 105 cm³/mol. The molecule has 1 saturated heterocycles. The third-order valence-electron chi connectivity index (χ3n) is 4.67. The van der Waals surface area contributed by atoms with Gasteiger partial charge in [0.05, 0.1) is 5.75 Å². The van der Waals surface area contributed by atoms with E-state index in [2.05, 4.69) is 17.1 Å². The van der Waals surface area contributed by atoms with Gasteiger partial charge in [-0.2, -0.15) is 0 Å². The van der Waals surface area contributed by atoms with E-state index in [0.717, 1.165) is 13.0 Å². The van der Waals surface area contributed by atoms with E-state index in [0.29, 0.717) is 34.7 Å². The fourth-order valence-electron chi connectivity index (χ4n) is 3.27. The molecule has 0 bridgehead atoms. The second kappa shape index (κ2) is 11.0. The molecule has 25 heavy (non-hydrogen) atoms. The number of thioether (sulfide) groups is 1. The van der Waals surface area contributed by atoms with Crippen LogP contribution in [0.2, 0.25) is 5.02 Å². The van der Waals surface area contributed by atoms with Crippen LogP contribution >= 0.6 is 23.4 Å². The van der Waals surface area contributed by atoms with Crippen molar-refractivity contribution >= 4 is 29.3 Å². The predicted octanol–water partition coefficient (Wildman–Crippen LogP) is 4.48. The van der Waals surface area contributed by atoms with Crippen LogP contribution in [0.4, 0.5) is 4.39 Å². The molecule has 2 rings (SSSR count). The van der Waals surface area contributed by atoms with Crippen LogP contribution in [0.1, 0.15) is 44.6 Å². The lowest BCUT2D eigenvalue weighted by atomic mass is 10.00. The highest BCUT2D eigenvalue weighted by molar-refractivity contribution is 7.99. The summed E-state index contributed by atoms with van der Waals surface area (Å²) in [5.41, 5.74) is 0.581. The van der Waals surface area contributed by atoms with Crippen molar-refractivity contribution in [2.75, 3.05) is 25.4 Å². The van der Waals surface area contributed by atoms with Crippen molar-refractivity contribution in [3.05, 3.63) is 34.6 Å². The van der Waals surface area contributed by atoms with Gasteiger partial charge in [-0.15, -0.1) is 11.8 Å². The van der Waals surface area contributed by atoms with Gasteiger partial charge in [-0.3, -0.25) is 4.79 Å². The summed E-state index contributed by atoms with van der Waals surface area (Å²) >= 11 is 7.15. The summed E-state index contributed by atoms with van der Waals surface area (Å²) in [6, 6.07) is 5.37. The van der Waals surface area contributed by atoms with E-state index in [1.54, 1.807) is 12.1 Å². The zero-order valence-corrected chi connectivity index (χ0v) is 16.5. The summed E-state index contributed by atoms with van der Waals surface area (Å²) in [5, 5.41) is 3.36. The second-order valence-electron chi connectivity index (χ2n) is 6.53. The van der Waals surface area contributed by atoms with Crippen LogP contribution in [-0.2, 0) is 10.5 Å². The highest BCUT2D eigenvalue weighted by atomic mass is 35.5. The Kier molecular flexibility index (Phi) is 9.07. The average molecular weight is 387 g/mol. The number of rotatable bonds is 9. The molecule has 0 radical (unpaired) electrons. The van der Waals surface area contributed by atoms with Gasteiger partial charge in [0.25, 0.3) is 0 Å². The molecule has 6 heteroatoms. The molecule has 0 aromatic heterocycles. The Bertz CT molecular complexity index is 558. The monoisotopic (exact) mass is 386 g/mol. The number of amides is 1. The topological polar surface area (TPSA) is 32.3 Å². The van der Waals surface area contributed by atoms with Crippen molar-refractivity contribution in [1.82, 2.24) is 10.2 Å². The van der Waals surface area contributed by atoms with E-state index < -0.39 is 0 Å². The lowest BCUT2D eigenvalue weighted by molar-refractivity contribution is -0.118. The fourth-order valence-corrected chi connectivity index (χ4v) is 4.27. The lowest BCUT2D eigenvalue weighted by Gasteiger charge is -2.35. The number of piperidine rings is 1. The average Bonchev–Trinajstić information content (AvgIpc) is 2.61. The van der Waals surface area contributed by atoms with Gasteiger partial charge in [0.1, 0.15) is 5.82 Å². The molecular weight excluding hydrogens is 359 g/mol. The van der Waals surface area contributed by atoms with Crippen LogP contribution in [-0.4, -0.2) is 42.2 Å². The molecule has 1 aliphatic heterocycles. The van der Waals surface area contributed by atoms with Gasteiger partial charge in [-0.05, 0) is 49.9 Å². The van der Waals surface area contributed by atoms with E-state index >= 15 is 0 Å². The molecule has 3 nitrogen and oxygen atoms in total. The van der Waals surface area contributed by atoms with Gasteiger partial charge in [0, 0.05) is 29.9 Å². The zero-order chi connectivity index (χ0) is 18.1. The normalized spacial score (nSPS) is 18.3. The van der Waals surface area contributed by atoms with Gasteiger partial charge >= 0.3 is 0 Å². The first-order valence-electron chi connectivity index (χ1n) is 9.12. The molecule has 140 valence electrons. The van der Waals surface area contributed by atoms with Crippen molar-refractivity contribution in [3.63, 3.8) is 0 Å². The highest BCUT2D eigenvalue weighted by Gasteiger charge is 2.19. The summed E-state index contributed by atoms with van der Waals surface area (Å²) < 4.78 is 13.7. The SMILES string of the molecule is CCC1CCCCN1CCCNC(=O)CSCc1ccc(Cl)cc1F. The Labute approximate surface area is 159 Å². The molecule has 1 amide bonds. The molecule has 1 aromatic carbocycles. The molecule has 1 heterocycles. The third-order valence-corrected chi connectivity index (χ3v) is 5.89. The van der Waals surface area contributed by atoms with Crippen LogP contribution in [0.15, 0.2) is 18.2 Å². The Balaban J connectivity index is 1.58. The Morgan fingerprint density at radius 1 is 1.44 bits per heavy atom. The number of carbonyl (C=O) groups is 1. The van der Waals surface area contributed by atoms with Gasteiger partial charge in [0.15, 0.2) is 0 Å². The first kappa shape index (κ1) is 20.5. The molecular formula is C19H28ClFN2OS. The smallest absolute Gasteiger partial charge is 0.230 e. The molecule has 1 aliphatic rings. The minimum Gasteiger partial charge on any atom is -0.355 e. The minimum absolute atomic E-state index is 0.0186. The number of hydrogen-bond donors (Lipinski definition) is 1.